The number of rotatable bonds is 7. The number of nitrogens with one attached hydrogen (secondary N) is 2. The standard InChI is InChI=1S/C12H17N3O3S2/c1-2-7-14-11(16)8-15-20(17,18)10-6-4-3-5-9(10)12(13)19/h3-6,15H,2,7-8H2,1H3,(H2,13,19)(H,14,16). The van der Waals surface area contributed by atoms with Gasteiger partial charge in [-0.25, -0.2) is 13.1 Å². The molecule has 1 rings (SSSR count). The first-order valence-electron chi connectivity index (χ1n) is 6.03. The summed E-state index contributed by atoms with van der Waals surface area (Å²) in [6, 6.07) is 6.11. The van der Waals surface area contributed by atoms with Crippen LogP contribution in [0.1, 0.15) is 18.9 Å². The van der Waals surface area contributed by atoms with Crippen molar-refractivity contribution < 1.29 is 13.2 Å². The molecule has 1 amide bonds. The Balaban J connectivity index is 2.85. The number of sulfonamides is 1. The van der Waals surface area contributed by atoms with Crippen LogP contribution in [0.4, 0.5) is 0 Å². The van der Waals surface area contributed by atoms with Gasteiger partial charge in [-0.2, -0.15) is 0 Å². The zero-order valence-corrected chi connectivity index (χ0v) is 12.7. The highest BCUT2D eigenvalue weighted by Crippen LogP contribution is 2.14. The Bertz CT molecular complexity index is 600. The van der Waals surface area contributed by atoms with Crippen molar-refractivity contribution >= 4 is 33.1 Å². The summed E-state index contributed by atoms with van der Waals surface area (Å²) in [5, 5.41) is 2.58. The summed E-state index contributed by atoms with van der Waals surface area (Å²) in [6.45, 7) is 2.08. The third-order valence-electron chi connectivity index (χ3n) is 2.44. The Kier molecular flexibility index (Phi) is 6.05. The third-order valence-corrected chi connectivity index (χ3v) is 4.12. The first-order chi connectivity index (χ1) is 9.38. The minimum atomic E-state index is -3.83. The highest BCUT2D eigenvalue weighted by Gasteiger charge is 2.19. The fourth-order valence-corrected chi connectivity index (χ4v) is 2.91. The molecular weight excluding hydrogens is 298 g/mol. The summed E-state index contributed by atoms with van der Waals surface area (Å²) in [6.07, 6.45) is 0.781. The molecule has 20 heavy (non-hydrogen) atoms. The van der Waals surface area contributed by atoms with Gasteiger partial charge >= 0.3 is 0 Å². The lowest BCUT2D eigenvalue weighted by molar-refractivity contribution is -0.119. The first-order valence-corrected chi connectivity index (χ1v) is 7.93. The van der Waals surface area contributed by atoms with Gasteiger partial charge in [-0.15, -0.1) is 0 Å². The van der Waals surface area contributed by atoms with E-state index in [-0.39, 0.29) is 27.9 Å². The molecule has 4 N–H and O–H groups in total. The van der Waals surface area contributed by atoms with Crippen molar-refractivity contribution in [2.75, 3.05) is 13.1 Å². The molecule has 0 heterocycles. The van der Waals surface area contributed by atoms with E-state index in [0.717, 1.165) is 6.42 Å². The van der Waals surface area contributed by atoms with E-state index in [4.69, 9.17) is 18.0 Å². The molecule has 0 spiro atoms. The van der Waals surface area contributed by atoms with E-state index >= 15 is 0 Å². The molecule has 6 nitrogen and oxygen atoms in total. The SMILES string of the molecule is CCCNC(=O)CNS(=O)(=O)c1ccccc1C(N)=S. The van der Waals surface area contributed by atoms with Crippen molar-refractivity contribution in [2.45, 2.75) is 18.2 Å². The molecule has 0 atom stereocenters. The fraction of sp³-hybridized carbons (Fsp3) is 0.333. The molecule has 8 heteroatoms. The Morgan fingerprint density at radius 3 is 2.60 bits per heavy atom. The van der Waals surface area contributed by atoms with Gasteiger partial charge in [0.2, 0.25) is 15.9 Å². The molecule has 0 saturated carbocycles. The molecule has 0 unspecified atom stereocenters. The van der Waals surface area contributed by atoms with E-state index in [1.54, 1.807) is 12.1 Å². The van der Waals surface area contributed by atoms with Crippen LogP contribution in [0.25, 0.3) is 0 Å². The molecule has 0 aliphatic heterocycles. The van der Waals surface area contributed by atoms with Gasteiger partial charge in [0.25, 0.3) is 0 Å². The van der Waals surface area contributed by atoms with Gasteiger partial charge in [-0.3, -0.25) is 4.79 Å². The summed E-state index contributed by atoms with van der Waals surface area (Å²) >= 11 is 4.82. The normalized spacial score (nSPS) is 11.1. The van der Waals surface area contributed by atoms with E-state index in [2.05, 4.69) is 10.0 Å². The van der Waals surface area contributed by atoms with Crippen LogP contribution in [0.3, 0.4) is 0 Å². The van der Waals surface area contributed by atoms with Crippen molar-refractivity contribution in [2.24, 2.45) is 5.73 Å². The maximum Gasteiger partial charge on any atom is 0.241 e. The Morgan fingerprint density at radius 1 is 1.35 bits per heavy atom. The van der Waals surface area contributed by atoms with E-state index in [1.807, 2.05) is 6.92 Å². The molecule has 1 aromatic rings. The Hall–Kier alpha value is -1.51. The highest BCUT2D eigenvalue weighted by molar-refractivity contribution is 7.89. The topological polar surface area (TPSA) is 101 Å². The van der Waals surface area contributed by atoms with Gasteiger partial charge in [0, 0.05) is 12.1 Å². The smallest absolute Gasteiger partial charge is 0.241 e. The number of carbonyl (C=O) groups is 1. The van der Waals surface area contributed by atoms with Crippen LogP contribution in [0, 0.1) is 0 Å². The molecule has 1 aromatic carbocycles. The zero-order chi connectivity index (χ0) is 15.2. The van der Waals surface area contributed by atoms with E-state index in [0.29, 0.717) is 6.54 Å². The van der Waals surface area contributed by atoms with Crippen molar-refractivity contribution in [3.8, 4) is 0 Å². The zero-order valence-electron chi connectivity index (χ0n) is 11.0. The summed E-state index contributed by atoms with van der Waals surface area (Å²) < 4.78 is 26.5. The fourth-order valence-electron chi connectivity index (χ4n) is 1.47. The van der Waals surface area contributed by atoms with Crippen LogP contribution in [-0.4, -0.2) is 32.4 Å². The number of nitrogens with two attached hydrogens (primary N) is 1. The van der Waals surface area contributed by atoms with Crippen molar-refractivity contribution in [3.63, 3.8) is 0 Å². The first kappa shape index (κ1) is 16.5. The molecule has 0 radical (unpaired) electrons. The third kappa shape index (κ3) is 4.55. The van der Waals surface area contributed by atoms with Gasteiger partial charge < -0.3 is 11.1 Å². The highest BCUT2D eigenvalue weighted by atomic mass is 32.2. The van der Waals surface area contributed by atoms with Crippen LogP contribution in [0.15, 0.2) is 29.2 Å². The molecule has 0 aliphatic rings. The molecule has 0 bridgehead atoms. The Labute approximate surface area is 123 Å². The van der Waals surface area contributed by atoms with Gasteiger partial charge in [0.15, 0.2) is 0 Å². The Morgan fingerprint density at radius 2 is 2.00 bits per heavy atom. The average Bonchev–Trinajstić information content (AvgIpc) is 2.43. The quantitative estimate of drug-likeness (QED) is 0.621. The minimum absolute atomic E-state index is 0.0126. The van der Waals surface area contributed by atoms with Gasteiger partial charge in [0.1, 0.15) is 4.99 Å². The number of hydrogen-bond donors (Lipinski definition) is 3. The van der Waals surface area contributed by atoms with E-state index in [1.165, 1.54) is 12.1 Å². The van der Waals surface area contributed by atoms with Crippen LogP contribution in [0.2, 0.25) is 0 Å². The van der Waals surface area contributed by atoms with Crippen LogP contribution >= 0.6 is 12.2 Å². The van der Waals surface area contributed by atoms with Crippen molar-refractivity contribution in [1.82, 2.24) is 10.0 Å². The van der Waals surface area contributed by atoms with Crippen LogP contribution in [0.5, 0.6) is 0 Å². The molecule has 0 fully saturated rings. The second kappa shape index (κ2) is 7.32. The number of amides is 1. The maximum absolute atomic E-state index is 12.1. The number of thiocarbonyl (C=S) groups is 1. The van der Waals surface area contributed by atoms with Crippen molar-refractivity contribution in [1.29, 1.82) is 0 Å². The minimum Gasteiger partial charge on any atom is -0.389 e. The molecule has 0 saturated heterocycles. The maximum atomic E-state index is 12.1. The number of benzene rings is 1. The molecule has 110 valence electrons. The van der Waals surface area contributed by atoms with E-state index < -0.39 is 10.0 Å². The second-order valence-electron chi connectivity index (χ2n) is 4.03. The van der Waals surface area contributed by atoms with Crippen molar-refractivity contribution in [3.05, 3.63) is 29.8 Å². The largest absolute Gasteiger partial charge is 0.389 e. The predicted octanol–water partition coefficient (Wildman–Crippen LogP) is 0.125. The molecule has 0 aromatic heterocycles. The lowest BCUT2D eigenvalue weighted by atomic mass is 10.2. The van der Waals surface area contributed by atoms with Crippen LogP contribution in [-0.2, 0) is 14.8 Å². The number of carbonyl (C=O) groups excluding carboxylic acids is 1. The monoisotopic (exact) mass is 315 g/mol. The summed E-state index contributed by atoms with van der Waals surface area (Å²) in [5.41, 5.74) is 5.75. The summed E-state index contributed by atoms with van der Waals surface area (Å²) in [7, 11) is -3.83. The summed E-state index contributed by atoms with van der Waals surface area (Å²) in [5.74, 6) is -0.386. The lowest BCUT2D eigenvalue weighted by Gasteiger charge is -2.10. The van der Waals surface area contributed by atoms with Gasteiger partial charge in [-0.05, 0) is 12.5 Å². The lowest BCUT2D eigenvalue weighted by Crippen LogP contribution is -2.37. The molecular formula is C12H17N3O3S2. The average molecular weight is 315 g/mol. The molecule has 0 aliphatic carbocycles. The van der Waals surface area contributed by atoms with Gasteiger partial charge in [-0.1, -0.05) is 37.3 Å². The number of hydrogen-bond acceptors (Lipinski definition) is 4. The van der Waals surface area contributed by atoms with E-state index in [9.17, 15) is 13.2 Å². The second-order valence-corrected chi connectivity index (χ2v) is 6.21. The summed E-state index contributed by atoms with van der Waals surface area (Å²) in [4.78, 5) is 11.4. The predicted molar refractivity (Wildman–Crippen MR) is 80.8 cm³/mol. The van der Waals surface area contributed by atoms with Crippen LogP contribution < -0.4 is 15.8 Å². The van der Waals surface area contributed by atoms with Gasteiger partial charge in [0.05, 0.1) is 11.4 Å².